The van der Waals surface area contributed by atoms with Crippen molar-refractivity contribution < 1.29 is 4.79 Å². The molecule has 0 spiro atoms. The van der Waals surface area contributed by atoms with Gasteiger partial charge in [-0.15, -0.1) is 0 Å². The highest BCUT2D eigenvalue weighted by Crippen LogP contribution is 2.24. The van der Waals surface area contributed by atoms with Crippen molar-refractivity contribution in [3.63, 3.8) is 0 Å². The van der Waals surface area contributed by atoms with Gasteiger partial charge in [-0.05, 0) is 48.5 Å². The molecule has 4 rings (SSSR count). The van der Waals surface area contributed by atoms with Gasteiger partial charge in [-0.3, -0.25) is 19.1 Å². The highest BCUT2D eigenvalue weighted by molar-refractivity contribution is 5.79. The normalized spacial score (nSPS) is 11.1. The number of nitrogens with one attached hydrogen (secondary N) is 2. The molecule has 2 N–H and O–H groups in total. The molecule has 7 heteroatoms. The molecule has 1 aromatic heterocycles. The van der Waals surface area contributed by atoms with Gasteiger partial charge in [-0.25, -0.2) is 4.79 Å². The zero-order chi connectivity index (χ0) is 24.1. The standard InChI is InChI=1S/C27H28N4O3/c1-30(2)18-19-11-13-20(14-12-19)22-8-4-3-7-21(22)17-28-25(32)15-16-31-24-10-6-5-9-23(24)26(33)29-27(31)34/h3-14H,15-18H2,1-2H3,(H,28,32)(H,29,33,34). The van der Waals surface area contributed by atoms with E-state index in [0.29, 0.717) is 17.4 Å². The van der Waals surface area contributed by atoms with E-state index in [1.807, 2.05) is 32.3 Å². The summed E-state index contributed by atoms with van der Waals surface area (Å²) in [5, 5.41) is 3.39. The highest BCUT2D eigenvalue weighted by Gasteiger charge is 2.10. The maximum Gasteiger partial charge on any atom is 0.328 e. The van der Waals surface area contributed by atoms with Crippen LogP contribution in [0, 0.1) is 0 Å². The Hall–Kier alpha value is -3.97. The zero-order valence-corrected chi connectivity index (χ0v) is 19.4. The zero-order valence-electron chi connectivity index (χ0n) is 19.4. The predicted octanol–water partition coefficient (Wildman–Crippen LogP) is 3.12. The lowest BCUT2D eigenvalue weighted by molar-refractivity contribution is -0.121. The van der Waals surface area contributed by atoms with Gasteiger partial charge >= 0.3 is 5.69 Å². The first kappa shape index (κ1) is 23.2. The average Bonchev–Trinajstić information content (AvgIpc) is 2.83. The molecule has 4 aromatic rings. The molecule has 0 atom stereocenters. The maximum atomic E-state index is 12.6. The van der Waals surface area contributed by atoms with E-state index in [4.69, 9.17) is 0 Å². The number of hydrogen-bond acceptors (Lipinski definition) is 4. The molecule has 34 heavy (non-hydrogen) atoms. The van der Waals surface area contributed by atoms with E-state index in [9.17, 15) is 14.4 Å². The lowest BCUT2D eigenvalue weighted by atomic mass is 9.98. The number of para-hydroxylation sites is 1. The van der Waals surface area contributed by atoms with Gasteiger partial charge in [0.2, 0.25) is 5.91 Å². The number of hydrogen-bond donors (Lipinski definition) is 2. The molecule has 0 saturated carbocycles. The molecule has 0 unspecified atom stereocenters. The number of carbonyl (C=O) groups excluding carboxylic acids is 1. The fourth-order valence-electron chi connectivity index (χ4n) is 4.07. The molecule has 0 aliphatic heterocycles. The lowest BCUT2D eigenvalue weighted by Crippen LogP contribution is -2.32. The summed E-state index contributed by atoms with van der Waals surface area (Å²) in [6, 6.07) is 23.3. The summed E-state index contributed by atoms with van der Waals surface area (Å²) in [6.45, 7) is 1.44. The van der Waals surface area contributed by atoms with Crippen molar-refractivity contribution in [1.82, 2.24) is 19.8 Å². The minimum absolute atomic E-state index is 0.122. The number of H-pyrrole nitrogens is 1. The van der Waals surface area contributed by atoms with E-state index in [-0.39, 0.29) is 18.9 Å². The van der Waals surface area contributed by atoms with Crippen LogP contribution in [0.25, 0.3) is 22.0 Å². The van der Waals surface area contributed by atoms with Crippen molar-refractivity contribution in [1.29, 1.82) is 0 Å². The van der Waals surface area contributed by atoms with Crippen LogP contribution in [-0.2, 0) is 24.4 Å². The van der Waals surface area contributed by atoms with Gasteiger partial charge in [0.05, 0.1) is 10.9 Å². The van der Waals surface area contributed by atoms with Gasteiger partial charge in [0.25, 0.3) is 5.56 Å². The van der Waals surface area contributed by atoms with E-state index in [2.05, 4.69) is 45.5 Å². The number of benzene rings is 3. The van der Waals surface area contributed by atoms with E-state index < -0.39 is 11.2 Å². The van der Waals surface area contributed by atoms with Gasteiger partial charge in [-0.2, -0.15) is 0 Å². The molecular weight excluding hydrogens is 428 g/mol. The van der Waals surface area contributed by atoms with Crippen LogP contribution in [0.3, 0.4) is 0 Å². The Morgan fingerprint density at radius 2 is 1.65 bits per heavy atom. The van der Waals surface area contributed by atoms with Crippen LogP contribution in [0.4, 0.5) is 0 Å². The quantitative estimate of drug-likeness (QED) is 0.427. The van der Waals surface area contributed by atoms with Crippen molar-refractivity contribution in [2.45, 2.75) is 26.1 Å². The molecule has 1 heterocycles. The van der Waals surface area contributed by atoms with Crippen LogP contribution in [0.2, 0.25) is 0 Å². The molecule has 1 amide bonds. The third-order valence-electron chi connectivity index (χ3n) is 5.72. The number of aromatic nitrogens is 2. The second kappa shape index (κ2) is 10.3. The van der Waals surface area contributed by atoms with E-state index in [1.54, 1.807) is 24.3 Å². The predicted molar refractivity (Wildman–Crippen MR) is 135 cm³/mol. The Bertz CT molecular complexity index is 1420. The summed E-state index contributed by atoms with van der Waals surface area (Å²) >= 11 is 0. The van der Waals surface area contributed by atoms with Crippen LogP contribution < -0.4 is 16.6 Å². The largest absolute Gasteiger partial charge is 0.352 e. The summed E-state index contributed by atoms with van der Waals surface area (Å²) in [5.41, 5.74) is 4.01. The number of nitrogens with zero attached hydrogens (tertiary/aromatic N) is 2. The van der Waals surface area contributed by atoms with E-state index in [0.717, 1.165) is 23.2 Å². The van der Waals surface area contributed by atoms with Crippen molar-refractivity contribution in [3.05, 3.63) is 105 Å². The summed E-state index contributed by atoms with van der Waals surface area (Å²) in [6.07, 6.45) is 0.122. The molecule has 0 radical (unpaired) electrons. The number of amides is 1. The van der Waals surface area contributed by atoms with Crippen molar-refractivity contribution >= 4 is 16.8 Å². The summed E-state index contributed by atoms with van der Waals surface area (Å²) in [7, 11) is 4.09. The Labute approximate surface area is 197 Å². The van der Waals surface area contributed by atoms with Crippen molar-refractivity contribution in [3.8, 4) is 11.1 Å². The Kier molecular flexibility index (Phi) is 7.04. The van der Waals surface area contributed by atoms with E-state index >= 15 is 0 Å². The van der Waals surface area contributed by atoms with Crippen LogP contribution in [0.5, 0.6) is 0 Å². The van der Waals surface area contributed by atoms with Crippen LogP contribution in [0.15, 0.2) is 82.4 Å². The second-order valence-electron chi connectivity index (χ2n) is 8.55. The first-order chi connectivity index (χ1) is 16.4. The minimum atomic E-state index is -0.514. The average molecular weight is 457 g/mol. The smallest absolute Gasteiger partial charge is 0.328 e. The molecule has 0 saturated heterocycles. The van der Waals surface area contributed by atoms with Crippen molar-refractivity contribution in [2.24, 2.45) is 0 Å². The molecule has 3 aromatic carbocycles. The number of aromatic amines is 1. The van der Waals surface area contributed by atoms with Gasteiger partial charge in [0.15, 0.2) is 0 Å². The molecule has 7 nitrogen and oxygen atoms in total. The molecule has 0 bridgehead atoms. The van der Waals surface area contributed by atoms with E-state index in [1.165, 1.54) is 10.1 Å². The van der Waals surface area contributed by atoms with Crippen LogP contribution >= 0.6 is 0 Å². The number of rotatable bonds is 8. The van der Waals surface area contributed by atoms with Gasteiger partial charge in [0, 0.05) is 26.1 Å². The first-order valence-corrected chi connectivity index (χ1v) is 11.2. The second-order valence-corrected chi connectivity index (χ2v) is 8.55. The minimum Gasteiger partial charge on any atom is -0.352 e. The fraction of sp³-hybridized carbons (Fsp3) is 0.222. The third kappa shape index (κ3) is 5.32. The highest BCUT2D eigenvalue weighted by atomic mass is 16.2. The van der Waals surface area contributed by atoms with Crippen molar-refractivity contribution in [2.75, 3.05) is 14.1 Å². The van der Waals surface area contributed by atoms with Gasteiger partial charge < -0.3 is 10.2 Å². The SMILES string of the molecule is CN(C)Cc1ccc(-c2ccccc2CNC(=O)CCn2c(=O)[nH]c(=O)c3ccccc32)cc1. The Morgan fingerprint density at radius 3 is 2.41 bits per heavy atom. The first-order valence-electron chi connectivity index (χ1n) is 11.2. The summed E-state index contributed by atoms with van der Waals surface area (Å²) < 4.78 is 1.43. The molecular formula is C27H28N4O3. The maximum absolute atomic E-state index is 12.6. The third-order valence-corrected chi connectivity index (χ3v) is 5.72. The molecule has 0 aliphatic carbocycles. The Morgan fingerprint density at radius 1 is 0.941 bits per heavy atom. The van der Waals surface area contributed by atoms with Gasteiger partial charge in [0.1, 0.15) is 0 Å². The number of fused-ring (bicyclic) bond motifs is 1. The molecule has 0 fully saturated rings. The number of carbonyl (C=O) groups is 1. The molecule has 0 aliphatic rings. The monoisotopic (exact) mass is 456 g/mol. The van der Waals surface area contributed by atoms with Crippen LogP contribution in [0.1, 0.15) is 17.5 Å². The Balaban J connectivity index is 1.43. The van der Waals surface area contributed by atoms with Crippen LogP contribution in [-0.4, -0.2) is 34.5 Å². The molecule has 174 valence electrons. The summed E-state index contributed by atoms with van der Waals surface area (Å²) in [5.74, 6) is -0.168. The summed E-state index contributed by atoms with van der Waals surface area (Å²) in [4.78, 5) is 41.4. The number of aryl methyl sites for hydroxylation is 1. The fourth-order valence-corrected chi connectivity index (χ4v) is 4.07. The topological polar surface area (TPSA) is 87.2 Å². The van der Waals surface area contributed by atoms with Gasteiger partial charge in [-0.1, -0.05) is 60.7 Å². The lowest BCUT2D eigenvalue weighted by Gasteiger charge is -2.13.